The molecule has 7 nitrogen and oxygen atoms in total. The first-order valence-electron chi connectivity index (χ1n) is 12.9. The number of nitrogens with zero attached hydrogens (tertiary/aromatic N) is 3. The van der Waals surface area contributed by atoms with E-state index < -0.39 is 5.97 Å². The van der Waals surface area contributed by atoms with Crippen LogP contribution in [0.3, 0.4) is 0 Å². The molecule has 194 valence electrons. The zero-order valence-electron chi connectivity index (χ0n) is 20.9. The number of carboxylic acids is 1. The molecule has 5 rings (SSSR count). The van der Waals surface area contributed by atoms with Crippen molar-refractivity contribution in [2.24, 2.45) is 0 Å². The maximum absolute atomic E-state index is 13.4. The lowest BCUT2D eigenvalue weighted by molar-refractivity contribution is -0.137. The summed E-state index contributed by atoms with van der Waals surface area (Å²) >= 11 is 6.03. The van der Waals surface area contributed by atoms with Crippen molar-refractivity contribution in [1.29, 1.82) is 0 Å². The quantitative estimate of drug-likeness (QED) is 0.263. The van der Waals surface area contributed by atoms with Crippen molar-refractivity contribution in [1.82, 2.24) is 14.9 Å². The molecule has 3 aromatic carbocycles. The van der Waals surface area contributed by atoms with Gasteiger partial charge in [-0.3, -0.25) is 9.59 Å². The summed E-state index contributed by atoms with van der Waals surface area (Å²) in [7, 11) is 0. The first-order chi connectivity index (χ1) is 18.5. The van der Waals surface area contributed by atoms with E-state index in [9.17, 15) is 9.59 Å². The summed E-state index contributed by atoms with van der Waals surface area (Å²) in [6.45, 7) is 1.84. The molecular formula is C30H29ClN4O3. The Bertz CT molecular complexity index is 1440. The number of aliphatic carboxylic acids is 1. The SMILES string of the molecule is O=C(O)CCCNc1nc2cc(C(=O)N3CCC(c4ccc(Cl)cc4)CC3)ccc2nc1-c1ccccc1. The number of piperidine rings is 1. The van der Waals surface area contributed by atoms with Gasteiger partial charge in [-0.25, -0.2) is 9.97 Å². The number of likely N-dealkylation sites (tertiary alicyclic amines) is 1. The molecule has 4 aromatic rings. The molecule has 1 aromatic heterocycles. The van der Waals surface area contributed by atoms with Crippen LogP contribution >= 0.6 is 11.6 Å². The lowest BCUT2D eigenvalue weighted by Crippen LogP contribution is -2.37. The fourth-order valence-corrected chi connectivity index (χ4v) is 5.01. The van der Waals surface area contributed by atoms with Gasteiger partial charge in [0.2, 0.25) is 0 Å². The van der Waals surface area contributed by atoms with Crippen LogP contribution in [0.15, 0.2) is 72.8 Å². The molecule has 0 unspecified atom stereocenters. The van der Waals surface area contributed by atoms with Crippen molar-refractivity contribution in [2.45, 2.75) is 31.6 Å². The van der Waals surface area contributed by atoms with Crippen molar-refractivity contribution in [3.8, 4) is 11.3 Å². The normalized spacial score (nSPS) is 14.0. The minimum absolute atomic E-state index is 0.00800. The van der Waals surface area contributed by atoms with Crippen LogP contribution in [0, 0.1) is 0 Å². The number of nitrogens with one attached hydrogen (secondary N) is 1. The summed E-state index contributed by atoms with van der Waals surface area (Å²) in [4.78, 5) is 35.8. The Labute approximate surface area is 226 Å². The third-order valence-corrected chi connectivity index (χ3v) is 7.19. The van der Waals surface area contributed by atoms with E-state index in [0.29, 0.717) is 60.1 Å². The van der Waals surface area contributed by atoms with Gasteiger partial charge in [0.1, 0.15) is 5.69 Å². The molecule has 2 N–H and O–H groups in total. The van der Waals surface area contributed by atoms with Crippen LogP contribution in [0.5, 0.6) is 0 Å². The molecule has 0 bridgehead atoms. The Balaban J connectivity index is 1.35. The number of carbonyl (C=O) groups is 2. The van der Waals surface area contributed by atoms with E-state index in [2.05, 4.69) is 17.4 Å². The predicted octanol–water partition coefficient (Wildman–Crippen LogP) is 6.25. The van der Waals surface area contributed by atoms with Gasteiger partial charge in [0.05, 0.1) is 11.0 Å². The zero-order valence-corrected chi connectivity index (χ0v) is 21.7. The van der Waals surface area contributed by atoms with E-state index in [1.807, 2.05) is 59.5 Å². The number of hydrogen-bond acceptors (Lipinski definition) is 5. The van der Waals surface area contributed by atoms with E-state index >= 15 is 0 Å². The van der Waals surface area contributed by atoms with Crippen molar-refractivity contribution < 1.29 is 14.7 Å². The number of carbonyl (C=O) groups excluding carboxylic acids is 1. The van der Waals surface area contributed by atoms with E-state index in [4.69, 9.17) is 26.7 Å². The Hall–Kier alpha value is -3.97. The summed E-state index contributed by atoms with van der Waals surface area (Å²) in [6.07, 6.45) is 2.35. The van der Waals surface area contributed by atoms with Crippen LogP contribution in [0.4, 0.5) is 5.82 Å². The fraction of sp³-hybridized carbons (Fsp3) is 0.267. The highest BCUT2D eigenvalue weighted by atomic mass is 35.5. The summed E-state index contributed by atoms with van der Waals surface area (Å²) < 4.78 is 0. The van der Waals surface area contributed by atoms with Gasteiger partial charge in [0, 0.05) is 42.2 Å². The van der Waals surface area contributed by atoms with Crippen LogP contribution in [-0.4, -0.2) is 51.5 Å². The molecule has 1 amide bonds. The number of hydrogen-bond donors (Lipinski definition) is 2. The molecule has 1 aliphatic rings. The highest BCUT2D eigenvalue weighted by Crippen LogP contribution is 2.31. The van der Waals surface area contributed by atoms with Gasteiger partial charge in [-0.05, 0) is 61.1 Å². The smallest absolute Gasteiger partial charge is 0.303 e. The van der Waals surface area contributed by atoms with Gasteiger partial charge in [0.25, 0.3) is 5.91 Å². The molecule has 2 heterocycles. The Morgan fingerprint density at radius 1 is 0.947 bits per heavy atom. The lowest BCUT2D eigenvalue weighted by atomic mass is 9.89. The Kier molecular flexibility index (Phi) is 7.84. The molecule has 8 heteroatoms. The summed E-state index contributed by atoms with van der Waals surface area (Å²) in [5.41, 5.74) is 4.76. The maximum Gasteiger partial charge on any atom is 0.303 e. The number of amides is 1. The number of aromatic nitrogens is 2. The van der Waals surface area contributed by atoms with Crippen molar-refractivity contribution >= 4 is 40.3 Å². The summed E-state index contributed by atoms with van der Waals surface area (Å²) in [5.74, 6) is 0.152. The zero-order chi connectivity index (χ0) is 26.5. The molecule has 0 aliphatic carbocycles. The molecule has 1 fully saturated rings. The fourth-order valence-electron chi connectivity index (χ4n) is 4.89. The third-order valence-electron chi connectivity index (χ3n) is 6.94. The van der Waals surface area contributed by atoms with Crippen LogP contribution in [0.25, 0.3) is 22.3 Å². The average molecular weight is 529 g/mol. The molecule has 1 saturated heterocycles. The second-order valence-corrected chi connectivity index (χ2v) is 9.97. The number of carboxylic acid groups (broad SMARTS) is 1. The second-order valence-electron chi connectivity index (χ2n) is 9.53. The monoisotopic (exact) mass is 528 g/mol. The number of benzene rings is 3. The summed E-state index contributed by atoms with van der Waals surface area (Å²) in [5, 5.41) is 12.9. The van der Waals surface area contributed by atoms with Crippen molar-refractivity contribution in [2.75, 3.05) is 25.0 Å². The first kappa shape index (κ1) is 25.7. The molecule has 0 saturated carbocycles. The highest BCUT2D eigenvalue weighted by Gasteiger charge is 2.25. The largest absolute Gasteiger partial charge is 0.481 e. The van der Waals surface area contributed by atoms with Crippen LogP contribution in [0.1, 0.15) is 47.5 Å². The number of rotatable bonds is 8. The van der Waals surface area contributed by atoms with Crippen molar-refractivity contribution in [3.63, 3.8) is 0 Å². The number of halogens is 1. The standard InChI is InChI=1S/C30H29ClN4O3/c31-24-11-8-20(9-12-24)21-14-17-35(18-15-21)30(38)23-10-13-25-26(19-23)34-29(32-16-4-7-27(36)37)28(33-25)22-5-2-1-3-6-22/h1-3,5-6,8-13,19,21H,4,7,14-18H2,(H,32,34)(H,36,37). The van der Waals surface area contributed by atoms with Gasteiger partial charge < -0.3 is 15.3 Å². The van der Waals surface area contributed by atoms with Gasteiger partial charge in [-0.15, -0.1) is 0 Å². The van der Waals surface area contributed by atoms with Crippen LogP contribution in [-0.2, 0) is 4.79 Å². The maximum atomic E-state index is 13.4. The van der Waals surface area contributed by atoms with E-state index in [1.165, 1.54) is 5.56 Å². The first-order valence-corrected chi connectivity index (χ1v) is 13.2. The van der Waals surface area contributed by atoms with E-state index in [-0.39, 0.29) is 12.3 Å². The second kappa shape index (κ2) is 11.6. The average Bonchev–Trinajstić information content (AvgIpc) is 2.95. The Morgan fingerprint density at radius 3 is 2.39 bits per heavy atom. The minimum Gasteiger partial charge on any atom is -0.481 e. The number of anilines is 1. The van der Waals surface area contributed by atoms with Crippen LogP contribution in [0.2, 0.25) is 5.02 Å². The lowest BCUT2D eigenvalue weighted by Gasteiger charge is -2.32. The van der Waals surface area contributed by atoms with Crippen molar-refractivity contribution in [3.05, 3.63) is 88.9 Å². The number of fused-ring (bicyclic) bond motifs is 1. The van der Waals surface area contributed by atoms with E-state index in [1.54, 1.807) is 6.07 Å². The van der Waals surface area contributed by atoms with Gasteiger partial charge in [-0.2, -0.15) is 0 Å². The minimum atomic E-state index is -0.833. The molecule has 0 radical (unpaired) electrons. The van der Waals surface area contributed by atoms with Crippen LogP contribution < -0.4 is 5.32 Å². The molecule has 0 atom stereocenters. The predicted molar refractivity (Wildman–Crippen MR) is 150 cm³/mol. The molecule has 1 aliphatic heterocycles. The van der Waals surface area contributed by atoms with Gasteiger partial charge in [-0.1, -0.05) is 54.1 Å². The summed E-state index contributed by atoms with van der Waals surface area (Å²) in [6, 6.07) is 23.2. The third kappa shape index (κ3) is 5.94. The molecule has 0 spiro atoms. The molecule has 38 heavy (non-hydrogen) atoms. The topological polar surface area (TPSA) is 95.4 Å². The van der Waals surface area contributed by atoms with Gasteiger partial charge in [0.15, 0.2) is 5.82 Å². The Morgan fingerprint density at radius 2 is 1.68 bits per heavy atom. The van der Waals surface area contributed by atoms with Gasteiger partial charge >= 0.3 is 5.97 Å². The van der Waals surface area contributed by atoms with E-state index in [0.717, 1.165) is 23.4 Å². The highest BCUT2D eigenvalue weighted by molar-refractivity contribution is 6.30. The molecular weight excluding hydrogens is 500 g/mol.